The fourth-order valence-corrected chi connectivity index (χ4v) is 6.58. The minimum atomic E-state index is -4.61. The van der Waals surface area contributed by atoms with E-state index in [4.69, 9.17) is 19.1 Å². The summed E-state index contributed by atoms with van der Waals surface area (Å²) in [6.45, 7) is 2.32. The topological polar surface area (TPSA) is 149 Å². The summed E-state index contributed by atoms with van der Waals surface area (Å²) >= 11 is 0. The molecule has 0 bridgehead atoms. The molecule has 0 heterocycles. The van der Waals surface area contributed by atoms with E-state index in [0.29, 0.717) is 12.8 Å². The Morgan fingerprint density at radius 1 is 0.566 bits per heavy atom. The molecule has 0 aliphatic rings. The molecule has 3 unspecified atom stereocenters. The molecule has 0 radical (unpaired) electrons. The summed E-state index contributed by atoms with van der Waals surface area (Å²) in [5, 5.41) is 18.3. The molecular formula is C42H79O10P. The third-order valence-electron chi connectivity index (χ3n) is 9.11. The van der Waals surface area contributed by atoms with Crippen LogP contribution in [-0.2, 0) is 32.7 Å². The predicted molar refractivity (Wildman–Crippen MR) is 215 cm³/mol. The van der Waals surface area contributed by atoms with Crippen LogP contribution in [0.3, 0.4) is 0 Å². The SMILES string of the molecule is CCCCCCC/C=C\C/C=C\CCCCCCCCCCCCCC(=O)OC(COC(=O)CCCCCCCCC)COP(=O)(O)OCC(O)CO. The molecule has 0 aromatic rings. The van der Waals surface area contributed by atoms with E-state index < -0.39 is 51.8 Å². The number of aliphatic hydroxyl groups is 2. The third kappa shape index (κ3) is 38.5. The highest BCUT2D eigenvalue weighted by Crippen LogP contribution is 2.43. The zero-order chi connectivity index (χ0) is 39.1. The normalized spacial score (nSPS) is 14.1. The number of hydrogen-bond acceptors (Lipinski definition) is 9. The van der Waals surface area contributed by atoms with Gasteiger partial charge in [-0.3, -0.25) is 18.6 Å². The monoisotopic (exact) mass is 775 g/mol. The maximum absolute atomic E-state index is 12.6. The van der Waals surface area contributed by atoms with Crippen LogP contribution in [0.5, 0.6) is 0 Å². The lowest BCUT2D eigenvalue weighted by Crippen LogP contribution is -2.29. The Morgan fingerprint density at radius 3 is 1.45 bits per heavy atom. The molecule has 0 aromatic heterocycles. The van der Waals surface area contributed by atoms with Crippen molar-refractivity contribution in [3.8, 4) is 0 Å². The first-order valence-corrected chi connectivity index (χ1v) is 22.8. The first kappa shape index (κ1) is 51.5. The van der Waals surface area contributed by atoms with Gasteiger partial charge in [0.2, 0.25) is 0 Å². The van der Waals surface area contributed by atoms with Crippen LogP contribution in [0.4, 0.5) is 0 Å². The fraction of sp³-hybridized carbons (Fsp3) is 0.857. The van der Waals surface area contributed by atoms with Gasteiger partial charge in [0.25, 0.3) is 0 Å². The van der Waals surface area contributed by atoms with Gasteiger partial charge < -0.3 is 24.6 Å². The van der Waals surface area contributed by atoms with Crippen molar-refractivity contribution in [2.75, 3.05) is 26.4 Å². The highest BCUT2D eigenvalue weighted by Gasteiger charge is 2.27. The molecule has 0 amide bonds. The van der Waals surface area contributed by atoms with Crippen molar-refractivity contribution in [1.82, 2.24) is 0 Å². The zero-order valence-corrected chi connectivity index (χ0v) is 34.6. The van der Waals surface area contributed by atoms with Crippen LogP contribution in [-0.4, -0.2) is 65.7 Å². The largest absolute Gasteiger partial charge is 0.472 e. The fourth-order valence-electron chi connectivity index (χ4n) is 5.79. The van der Waals surface area contributed by atoms with Gasteiger partial charge in [-0.25, -0.2) is 4.57 Å². The standard InChI is InChI=1S/C42H79O10P/c1-3-5-7-9-11-12-13-14-15-16-17-18-19-20-21-22-23-24-25-26-28-30-32-34-42(46)52-40(38-51-53(47,48)50-36-39(44)35-43)37-49-41(45)33-31-29-27-10-8-6-4-2/h13-14,16-17,39-40,43-44H,3-12,15,18-38H2,1-2H3,(H,47,48)/b14-13-,17-16-. The smallest absolute Gasteiger partial charge is 0.462 e. The number of esters is 2. The van der Waals surface area contributed by atoms with Gasteiger partial charge in [0.1, 0.15) is 12.7 Å². The molecule has 0 spiro atoms. The number of unbranched alkanes of at least 4 members (excludes halogenated alkanes) is 22. The lowest BCUT2D eigenvalue weighted by molar-refractivity contribution is -0.161. The number of ether oxygens (including phenoxy) is 2. The summed E-state index contributed by atoms with van der Waals surface area (Å²) in [7, 11) is -4.61. The predicted octanol–water partition coefficient (Wildman–Crippen LogP) is 11.0. The Hall–Kier alpha value is -1.55. The maximum atomic E-state index is 12.6. The van der Waals surface area contributed by atoms with Gasteiger partial charge in [0.15, 0.2) is 6.10 Å². The van der Waals surface area contributed by atoms with Crippen LogP contribution in [0, 0.1) is 0 Å². The average Bonchev–Trinajstić information content (AvgIpc) is 3.14. The minimum Gasteiger partial charge on any atom is -0.462 e. The second kappa shape index (κ2) is 38.7. The van der Waals surface area contributed by atoms with Crippen LogP contribution >= 0.6 is 7.82 Å². The van der Waals surface area contributed by atoms with Crippen LogP contribution in [0.1, 0.15) is 194 Å². The highest BCUT2D eigenvalue weighted by atomic mass is 31.2. The molecular weight excluding hydrogens is 695 g/mol. The Labute approximate surface area is 323 Å². The molecule has 10 nitrogen and oxygen atoms in total. The summed E-state index contributed by atoms with van der Waals surface area (Å²) in [4.78, 5) is 34.7. The number of allylic oxidation sites excluding steroid dienone is 4. The van der Waals surface area contributed by atoms with E-state index in [1.54, 1.807) is 0 Å². The van der Waals surface area contributed by atoms with E-state index in [-0.39, 0.29) is 19.4 Å². The number of carbonyl (C=O) groups is 2. The summed E-state index contributed by atoms with van der Waals surface area (Å²) in [6.07, 6.45) is 37.5. The summed E-state index contributed by atoms with van der Waals surface area (Å²) in [6, 6.07) is 0. The van der Waals surface area contributed by atoms with Gasteiger partial charge in [-0.2, -0.15) is 0 Å². The number of phosphoric acid groups is 1. The summed E-state index contributed by atoms with van der Waals surface area (Å²) in [5.74, 6) is -0.929. The van der Waals surface area contributed by atoms with Gasteiger partial charge >= 0.3 is 19.8 Å². The van der Waals surface area contributed by atoms with Crippen molar-refractivity contribution in [3.63, 3.8) is 0 Å². The quantitative estimate of drug-likeness (QED) is 0.0238. The molecule has 0 saturated heterocycles. The van der Waals surface area contributed by atoms with E-state index >= 15 is 0 Å². The number of rotatable bonds is 40. The molecule has 53 heavy (non-hydrogen) atoms. The first-order valence-electron chi connectivity index (χ1n) is 21.3. The molecule has 3 atom stereocenters. The van der Waals surface area contributed by atoms with Crippen LogP contribution in [0.25, 0.3) is 0 Å². The third-order valence-corrected chi connectivity index (χ3v) is 10.1. The molecule has 11 heteroatoms. The number of carbonyl (C=O) groups excluding carboxylic acids is 2. The molecule has 3 N–H and O–H groups in total. The van der Waals surface area contributed by atoms with Gasteiger partial charge in [-0.05, 0) is 44.9 Å². The Bertz CT molecular complexity index is 941. The number of hydrogen-bond donors (Lipinski definition) is 3. The molecule has 0 aliphatic heterocycles. The highest BCUT2D eigenvalue weighted by molar-refractivity contribution is 7.47. The van der Waals surface area contributed by atoms with E-state index in [2.05, 4.69) is 42.7 Å². The van der Waals surface area contributed by atoms with Gasteiger partial charge in [-0.15, -0.1) is 0 Å². The summed E-state index contributed by atoms with van der Waals surface area (Å²) < 4.78 is 32.5. The van der Waals surface area contributed by atoms with Crippen molar-refractivity contribution < 1.29 is 47.8 Å². The zero-order valence-electron chi connectivity index (χ0n) is 33.7. The Balaban J connectivity index is 4.11. The second-order valence-electron chi connectivity index (χ2n) is 14.4. The molecule has 0 aromatic carbocycles. The molecule has 0 rings (SSSR count). The van der Waals surface area contributed by atoms with Gasteiger partial charge in [0.05, 0.1) is 19.8 Å². The average molecular weight is 775 g/mol. The summed E-state index contributed by atoms with van der Waals surface area (Å²) in [5.41, 5.74) is 0. The second-order valence-corrected chi connectivity index (χ2v) is 15.8. The van der Waals surface area contributed by atoms with Crippen molar-refractivity contribution in [2.45, 2.75) is 206 Å². The van der Waals surface area contributed by atoms with Crippen LogP contribution in [0.2, 0.25) is 0 Å². The van der Waals surface area contributed by atoms with Crippen molar-refractivity contribution in [1.29, 1.82) is 0 Å². The lowest BCUT2D eigenvalue weighted by Gasteiger charge is -2.20. The van der Waals surface area contributed by atoms with E-state index in [1.807, 2.05) is 0 Å². The maximum Gasteiger partial charge on any atom is 0.472 e. The number of phosphoric ester groups is 1. The first-order chi connectivity index (χ1) is 25.7. The van der Waals surface area contributed by atoms with Crippen LogP contribution < -0.4 is 0 Å². The van der Waals surface area contributed by atoms with Gasteiger partial charge in [-0.1, -0.05) is 160 Å². The van der Waals surface area contributed by atoms with Crippen molar-refractivity contribution in [3.05, 3.63) is 24.3 Å². The lowest BCUT2D eigenvalue weighted by atomic mass is 10.0. The molecule has 0 aliphatic carbocycles. The molecule has 312 valence electrons. The Morgan fingerprint density at radius 2 is 0.981 bits per heavy atom. The van der Waals surface area contributed by atoms with Crippen molar-refractivity contribution >= 4 is 19.8 Å². The minimum absolute atomic E-state index is 0.184. The Kier molecular flexibility index (Phi) is 37.6. The van der Waals surface area contributed by atoms with E-state index in [9.17, 15) is 24.2 Å². The van der Waals surface area contributed by atoms with E-state index in [0.717, 1.165) is 44.9 Å². The van der Waals surface area contributed by atoms with Crippen LogP contribution in [0.15, 0.2) is 24.3 Å². The van der Waals surface area contributed by atoms with E-state index in [1.165, 1.54) is 109 Å². The van der Waals surface area contributed by atoms with Gasteiger partial charge in [0, 0.05) is 12.8 Å². The number of aliphatic hydroxyl groups excluding tert-OH is 2. The van der Waals surface area contributed by atoms with Crippen molar-refractivity contribution in [2.24, 2.45) is 0 Å². The molecule has 0 saturated carbocycles. The molecule has 0 fully saturated rings.